The molecule has 0 aliphatic rings. The Bertz CT molecular complexity index is 481. The third kappa shape index (κ3) is 3.01. The summed E-state index contributed by atoms with van der Waals surface area (Å²) in [6, 6.07) is 3.79. The van der Waals surface area contributed by atoms with E-state index in [1.807, 2.05) is 31.0 Å². The molecule has 5 heteroatoms. The van der Waals surface area contributed by atoms with Crippen LogP contribution in [0.4, 0.5) is 5.82 Å². The summed E-state index contributed by atoms with van der Waals surface area (Å²) in [6.45, 7) is 2.78. The van der Waals surface area contributed by atoms with E-state index in [2.05, 4.69) is 15.3 Å². The predicted octanol–water partition coefficient (Wildman–Crippen LogP) is 1.98. The lowest BCUT2D eigenvalue weighted by atomic mass is 10.3. The number of thiazole rings is 1. The zero-order valence-corrected chi connectivity index (χ0v) is 10.7. The van der Waals surface area contributed by atoms with Crippen molar-refractivity contribution in [3.8, 4) is 0 Å². The van der Waals surface area contributed by atoms with E-state index in [9.17, 15) is 0 Å². The molecule has 2 aromatic rings. The fourth-order valence-corrected chi connectivity index (χ4v) is 2.14. The third-order valence-corrected chi connectivity index (χ3v) is 3.27. The van der Waals surface area contributed by atoms with Crippen molar-refractivity contribution in [3.05, 3.63) is 40.0 Å². The Hall–Kier alpha value is -1.46. The van der Waals surface area contributed by atoms with Gasteiger partial charge in [-0.05, 0) is 18.6 Å². The molecule has 90 valence electrons. The highest BCUT2D eigenvalue weighted by atomic mass is 32.1. The fraction of sp³-hybridized carbons (Fsp3) is 0.333. The molecule has 2 heterocycles. The zero-order chi connectivity index (χ0) is 12.3. The summed E-state index contributed by atoms with van der Waals surface area (Å²) in [6.07, 6.45) is 1.69. The summed E-state index contributed by atoms with van der Waals surface area (Å²) >= 11 is 1.66. The first-order chi connectivity index (χ1) is 8.19. The number of hydrogen-bond acceptors (Lipinski definition) is 5. The van der Waals surface area contributed by atoms with Gasteiger partial charge < -0.3 is 10.0 Å². The van der Waals surface area contributed by atoms with Gasteiger partial charge in [-0.25, -0.2) is 9.97 Å². The van der Waals surface area contributed by atoms with Gasteiger partial charge in [-0.3, -0.25) is 0 Å². The average molecular weight is 249 g/mol. The van der Waals surface area contributed by atoms with Gasteiger partial charge in [0.2, 0.25) is 0 Å². The third-order valence-electron chi connectivity index (χ3n) is 2.45. The number of pyridine rings is 1. The summed E-state index contributed by atoms with van der Waals surface area (Å²) in [5.74, 6) is 0.882. The lowest BCUT2D eigenvalue weighted by molar-refractivity contribution is 0.281. The summed E-state index contributed by atoms with van der Waals surface area (Å²) in [5, 5.41) is 12.1. The van der Waals surface area contributed by atoms with Crippen molar-refractivity contribution in [2.45, 2.75) is 20.1 Å². The summed E-state index contributed by atoms with van der Waals surface area (Å²) in [4.78, 5) is 10.8. The Balaban J connectivity index is 2.06. The van der Waals surface area contributed by atoms with Crippen LogP contribution < -0.4 is 4.90 Å². The van der Waals surface area contributed by atoms with Crippen LogP contribution in [-0.4, -0.2) is 22.1 Å². The molecule has 0 radical (unpaired) electrons. The Morgan fingerprint density at radius 3 is 2.76 bits per heavy atom. The van der Waals surface area contributed by atoms with Crippen molar-refractivity contribution in [1.29, 1.82) is 0 Å². The van der Waals surface area contributed by atoms with Gasteiger partial charge in [-0.1, -0.05) is 6.07 Å². The molecular formula is C12H15N3OS. The van der Waals surface area contributed by atoms with Crippen LogP contribution in [-0.2, 0) is 13.2 Å². The van der Waals surface area contributed by atoms with Gasteiger partial charge in [0, 0.05) is 18.6 Å². The Kier molecular flexibility index (Phi) is 3.71. The molecule has 17 heavy (non-hydrogen) atoms. The minimum absolute atomic E-state index is 0.0300. The van der Waals surface area contributed by atoms with Gasteiger partial charge in [0.15, 0.2) is 0 Å². The molecule has 0 aromatic carbocycles. The van der Waals surface area contributed by atoms with Crippen LogP contribution >= 0.6 is 11.3 Å². The number of hydrogen-bond donors (Lipinski definition) is 1. The minimum Gasteiger partial charge on any atom is -0.392 e. The zero-order valence-electron chi connectivity index (χ0n) is 9.92. The molecule has 0 aliphatic heterocycles. The Labute approximate surface area is 105 Å². The first-order valence-corrected chi connectivity index (χ1v) is 6.25. The SMILES string of the molecule is Cc1nc(CN(C)c2ccc(CO)cn2)cs1. The van der Waals surface area contributed by atoms with Crippen LogP contribution in [0.1, 0.15) is 16.3 Å². The van der Waals surface area contributed by atoms with Gasteiger partial charge >= 0.3 is 0 Å². The highest BCUT2D eigenvalue weighted by molar-refractivity contribution is 7.09. The molecule has 0 unspecified atom stereocenters. The van der Waals surface area contributed by atoms with Gasteiger partial charge in [0.1, 0.15) is 5.82 Å². The number of aliphatic hydroxyl groups is 1. The van der Waals surface area contributed by atoms with Gasteiger partial charge in [-0.2, -0.15) is 0 Å². The van der Waals surface area contributed by atoms with Crippen molar-refractivity contribution in [3.63, 3.8) is 0 Å². The highest BCUT2D eigenvalue weighted by Gasteiger charge is 2.05. The van der Waals surface area contributed by atoms with Gasteiger partial charge in [-0.15, -0.1) is 11.3 Å². The Morgan fingerprint density at radius 1 is 1.41 bits per heavy atom. The predicted molar refractivity (Wildman–Crippen MR) is 69.1 cm³/mol. The quantitative estimate of drug-likeness (QED) is 0.900. The summed E-state index contributed by atoms with van der Waals surface area (Å²) in [5.41, 5.74) is 1.88. The highest BCUT2D eigenvalue weighted by Crippen LogP contribution is 2.15. The lowest BCUT2D eigenvalue weighted by Crippen LogP contribution is -2.17. The second-order valence-corrected chi connectivity index (χ2v) is 4.96. The van der Waals surface area contributed by atoms with Crippen LogP contribution in [0.3, 0.4) is 0 Å². The smallest absolute Gasteiger partial charge is 0.128 e. The van der Waals surface area contributed by atoms with Crippen LogP contribution in [0.25, 0.3) is 0 Å². The summed E-state index contributed by atoms with van der Waals surface area (Å²) in [7, 11) is 1.98. The van der Waals surface area contributed by atoms with Crippen molar-refractivity contribution in [2.75, 3.05) is 11.9 Å². The van der Waals surface area contributed by atoms with E-state index < -0.39 is 0 Å². The van der Waals surface area contributed by atoms with E-state index in [-0.39, 0.29) is 6.61 Å². The molecule has 0 saturated carbocycles. The van der Waals surface area contributed by atoms with E-state index in [1.165, 1.54) is 0 Å². The first-order valence-electron chi connectivity index (χ1n) is 5.37. The molecule has 2 rings (SSSR count). The van der Waals surface area contributed by atoms with Gasteiger partial charge in [0.25, 0.3) is 0 Å². The Morgan fingerprint density at radius 2 is 2.24 bits per heavy atom. The van der Waals surface area contributed by atoms with Crippen molar-refractivity contribution < 1.29 is 5.11 Å². The van der Waals surface area contributed by atoms with Crippen molar-refractivity contribution in [2.24, 2.45) is 0 Å². The molecule has 2 aromatic heterocycles. The maximum absolute atomic E-state index is 8.94. The fourth-order valence-electron chi connectivity index (χ4n) is 1.54. The topological polar surface area (TPSA) is 49.2 Å². The van der Waals surface area contributed by atoms with Crippen LogP contribution in [0, 0.1) is 6.92 Å². The molecule has 4 nitrogen and oxygen atoms in total. The largest absolute Gasteiger partial charge is 0.392 e. The number of aliphatic hydroxyl groups excluding tert-OH is 1. The normalized spacial score (nSPS) is 10.5. The monoisotopic (exact) mass is 249 g/mol. The van der Waals surface area contributed by atoms with E-state index in [0.717, 1.165) is 28.6 Å². The molecular weight excluding hydrogens is 234 g/mol. The average Bonchev–Trinajstić information content (AvgIpc) is 2.75. The molecule has 0 saturated heterocycles. The number of rotatable bonds is 4. The standard InChI is InChI=1S/C12H15N3OS/c1-9-14-11(8-17-9)6-15(2)12-4-3-10(7-16)5-13-12/h3-5,8,16H,6-7H2,1-2H3. The minimum atomic E-state index is 0.0300. The molecule has 0 fully saturated rings. The van der Waals surface area contributed by atoms with Crippen molar-refractivity contribution in [1.82, 2.24) is 9.97 Å². The van der Waals surface area contributed by atoms with E-state index >= 15 is 0 Å². The van der Waals surface area contributed by atoms with E-state index in [0.29, 0.717) is 0 Å². The molecule has 0 amide bonds. The number of aryl methyl sites for hydroxylation is 1. The molecule has 0 bridgehead atoms. The number of aromatic nitrogens is 2. The van der Waals surface area contributed by atoms with Gasteiger partial charge in [0.05, 0.1) is 23.9 Å². The first kappa shape index (κ1) is 12.0. The van der Waals surface area contributed by atoms with Crippen LogP contribution in [0.2, 0.25) is 0 Å². The van der Waals surface area contributed by atoms with E-state index in [4.69, 9.17) is 5.11 Å². The number of anilines is 1. The second kappa shape index (κ2) is 5.25. The summed E-state index contributed by atoms with van der Waals surface area (Å²) < 4.78 is 0. The number of nitrogens with zero attached hydrogens (tertiary/aromatic N) is 3. The lowest BCUT2D eigenvalue weighted by Gasteiger charge is -2.16. The maximum atomic E-state index is 8.94. The molecule has 0 atom stereocenters. The second-order valence-electron chi connectivity index (χ2n) is 3.90. The van der Waals surface area contributed by atoms with E-state index in [1.54, 1.807) is 17.5 Å². The van der Waals surface area contributed by atoms with Crippen LogP contribution in [0.15, 0.2) is 23.7 Å². The molecule has 1 N–H and O–H groups in total. The van der Waals surface area contributed by atoms with Crippen molar-refractivity contribution >= 4 is 17.2 Å². The van der Waals surface area contributed by atoms with Crippen LogP contribution in [0.5, 0.6) is 0 Å². The molecule has 0 aliphatic carbocycles. The molecule has 0 spiro atoms. The maximum Gasteiger partial charge on any atom is 0.128 e.